The predicted molar refractivity (Wildman–Crippen MR) is 73.0 cm³/mol. The number of H-pyrrole nitrogens is 1. The minimum Gasteiger partial charge on any atom is -0.339 e. The summed E-state index contributed by atoms with van der Waals surface area (Å²) in [5, 5.41) is 11.2. The van der Waals surface area contributed by atoms with Crippen molar-refractivity contribution in [2.75, 3.05) is 0 Å². The molecular weight excluding hydrogens is 254 g/mol. The molecule has 0 unspecified atom stereocenters. The third-order valence-electron chi connectivity index (χ3n) is 3.28. The molecule has 20 heavy (non-hydrogen) atoms. The molecule has 0 aliphatic carbocycles. The van der Waals surface area contributed by atoms with E-state index < -0.39 is 0 Å². The molecule has 3 rings (SSSR count). The van der Waals surface area contributed by atoms with Gasteiger partial charge in [0.25, 0.3) is 0 Å². The van der Waals surface area contributed by atoms with Crippen LogP contribution in [0.5, 0.6) is 0 Å². The van der Waals surface area contributed by atoms with Crippen molar-refractivity contribution in [2.24, 2.45) is 0 Å². The van der Waals surface area contributed by atoms with Gasteiger partial charge in [0.1, 0.15) is 0 Å². The number of nitrogens with zero attached hydrogens (tertiary/aromatic N) is 4. The molecule has 0 aliphatic rings. The van der Waals surface area contributed by atoms with E-state index in [4.69, 9.17) is 4.52 Å². The lowest BCUT2D eigenvalue weighted by Gasteiger charge is -1.97. The second kappa shape index (κ2) is 5.24. The zero-order valence-corrected chi connectivity index (χ0v) is 11.4. The lowest BCUT2D eigenvalue weighted by Crippen LogP contribution is -1.94. The van der Waals surface area contributed by atoms with E-state index in [0.29, 0.717) is 18.1 Å². The van der Waals surface area contributed by atoms with Crippen LogP contribution in [0.1, 0.15) is 22.8 Å². The highest BCUT2D eigenvalue weighted by atomic mass is 16.5. The van der Waals surface area contributed by atoms with Crippen LogP contribution >= 0.6 is 0 Å². The Kier molecular flexibility index (Phi) is 3.28. The quantitative estimate of drug-likeness (QED) is 0.785. The molecule has 3 aromatic heterocycles. The molecule has 0 aromatic carbocycles. The van der Waals surface area contributed by atoms with E-state index in [2.05, 4.69) is 25.3 Å². The van der Waals surface area contributed by atoms with Crippen LogP contribution in [-0.4, -0.2) is 25.3 Å². The van der Waals surface area contributed by atoms with Crippen molar-refractivity contribution < 1.29 is 4.52 Å². The van der Waals surface area contributed by atoms with Crippen LogP contribution in [0.25, 0.3) is 11.4 Å². The number of nitrogens with one attached hydrogen (secondary N) is 1. The molecule has 0 bridgehead atoms. The molecule has 0 atom stereocenters. The molecule has 0 saturated carbocycles. The van der Waals surface area contributed by atoms with Gasteiger partial charge in [0.05, 0.1) is 5.69 Å². The molecular formula is C14H15N5O. The Bertz CT molecular complexity index is 682. The maximum atomic E-state index is 5.28. The second-order valence-electron chi connectivity index (χ2n) is 4.66. The van der Waals surface area contributed by atoms with Crippen LogP contribution < -0.4 is 0 Å². The van der Waals surface area contributed by atoms with Gasteiger partial charge in [-0.05, 0) is 38.0 Å². The van der Waals surface area contributed by atoms with Crippen LogP contribution in [0.3, 0.4) is 0 Å². The van der Waals surface area contributed by atoms with Gasteiger partial charge in [0.2, 0.25) is 11.7 Å². The van der Waals surface area contributed by atoms with E-state index in [1.54, 1.807) is 12.4 Å². The molecule has 6 heteroatoms. The maximum Gasteiger partial charge on any atom is 0.227 e. The highest BCUT2D eigenvalue weighted by molar-refractivity contribution is 5.52. The molecule has 3 heterocycles. The van der Waals surface area contributed by atoms with Crippen molar-refractivity contribution in [2.45, 2.75) is 26.7 Å². The first-order valence-corrected chi connectivity index (χ1v) is 6.47. The van der Waals surface area contributed by atoms with E-state index in [1.807, 2.05) is 26.0 Å². The van der Waals surface area contributed by atoms with Gasteiger partial charge >= 0.3 is 0 Å². The molecule has 0 fully saturated rings. The summed E-state index contributed by atoms with van der Waals surface area (Å²) in [7, 11) is 0. The molecule has 6 nitrogen and oxygen atoms in total. The molecule has 0 aliphatic heterocycles. The number of aryl methyl sites for hydroxylation is 3. The minimum absolute atomic E-state index is 0.600. The number of aromatic amines is 1. The summed E-state index contributed by atoms with van der Waals surface area (Å²) in [6, 6.07) is 3.72. The van der Waals surface area contributed by atoms with Crippen molar-refractivity contribution in [3.05, 3.63) is 47.4 Å². The average molecular weight is 269 g/mol. The first kappa shape index (κ1) is 12.5. The smallest absolute Gasteiger partial charge is 0.227 e. The van der Waals surface area contributed by atoms with E-state index in [-0.39, 0.29) is 0 Å². The van der Waals surface area contributed by atoms with Crippen molar-refractivity contribution in [1.29, 1.82) is 0 Å². The Morgan fingerprint density at radius 1 is 1.15 bits per heavy atom. The van der Waals surface area contributed by atoms with Gasteiger partial charge in [-0.2, -0.15) is 10.1 Å². The highest BCUT2D eigenvalue weighted by Crippen LogP contribution is 2.16. The largest absolute Gasteiger partial charge is 0.339 e. The molecule has 0 amide bonds. The molecule has 3 aromatic rings. The lowest BCUT2D eigenvalue weighted by atomic mass is 10.1. The van der Waals surface area contributed by atoms with Crippen LogP contribution in [0.4, 0.5) is 0 Å². The Hall–Kier alpha value is -2.50. The van der Waals surface area contributed by atoms with E-state index in [1.165, 1.54) is 5.56 Å². The Morgan fingerprint density at radius 3 is 2.65 bits per heavy atom. The standard InChI is InChI=1S/C14H15N5O/c1-9-12(10(2)18-17-9)3-4-13-16-14(19-20-13)11-5-7-15-8-6-11/h5-8H,3-4H2,1-2H3,(H,17,18). The average Bonchev–Trinajstić information content (AvgIpc) is 3.06. The predicted octanol–water partition coefficient (Wildman–Crippen LogP) is 2.26. The van der Waals surface area contributed by atoms with Crippen LogP contribution in [-0.2, 0) is 12.8 Å². The second-order valence-corrected chi connectivity index (χ2v) is 4.66. The van der Waals surface area contributed by atoms with Crippen LogP contribution in [0.15, 0.2) is 29.0 Å². The summed E-state index contributed by atoms with van der Waals surface area (Å²) in [4.78, 5) is 8.37. The van der Waals surface area contributed by atoms with Crippen molar-refractivity contribution >= 4 is 0 Å². The lowest BCUT2D eigenvalue weighted by molar-refractivity contribution is 0.379. The molecule has 1 N–H and O–H groups in total. The van der Waals surface area contributed by atoms with Crippen molar-refractivity contribution in [3.63, 3.8) is 0 Å². The summed E-state index contributed by atoms with van der Waals surface area (Å²) < 4.78 is 5.28. The van der Waals surface area contributed by atoms with E-state index in [0.717, 1.165) is 23.4 Å². The van der Waals surface area contributed by atoms with Crippen LogP contribution in [0.2, 0.25) is 0 Å². The molecule has 0 radical (unpaired) electrons. The summed E-state index contributed by atoms with van der Waals surface area (Å²) in [6.07, 6.45) is 4.97. The van der Waals surface area contributed by atoms with Crippen molar-refractivity contribution in [3.8, 4) is 11.4 Å². The third-order valence-corrected chi connectivity index (χ3v) is 3.28. The Morgan fingerprint density at radius 2 is 1.95 bits per heavy atom. The van der Waals surface area contributed by atoms with Crippen LogP contribution in [0, 0.1) is 13.8 Å². The number of rotatable bonds is 4. The number of hydrogen-bond acceptors (Lipinski definition) is 5. The zero-order chi connectivity index (χ0) is 13.9. The summed E-state index contributed by atoms with van der Waals surface area (Å²) in [5.74, 6) is 1.24. The molecule has 0 spiro atoms. The van der Waals surface area contributed by atoms with Gasteiger partial charge in [-0.15, -0.1) is 0 Å². The normalized spacial score (nSPS) is 10.9. The third kappa shape index (κ3) is 2.45. The highest BCUT2D eigenvalue weighted by Gasteiger charge is 2.11. The summed E-state index contributed by atoms with van der Waals surface area (Å²) in [6.45, 7) is 4.01. The monoisotopic (exact) mass is 269 g/mol. The number of pyridine rings is 1. The topological polar surface area (TPSA) is 80.5 Å². The SMILES string of the molecule is Cc1n[nH]c(C)c1CCc1nc(-c2ccncc2)no1. The zero-order valence-electron chi connectivity index (χ0n) is 11.4. The first-order chi connectivity index (χ1) is 9.74. The molecule has 0 saturated heterocycles. The van der Waals surface area contributed by atoms with Gasteiger partial charge in [-0.1, -0.05) is 5.16 Å². The molecule has 102 valence electrons. The first-order valence-electron chi connectivity index (χ1n) is 6.47. The maximum absolute atomic E-state index is 5.28. The van der Waals surface area contributed by atoms with E-state index >= 15 is 0 Å². The Labute approximate surface area is 116 Å². The minimum atomic E-state index is 0.600. The fourth-order valence-corrected chi connectivity index (χ4v) is 2.15. The van der Waals surface area contributed by atoms with Gasteiger partial charge in [0.15, 0.2) is 0 Å². The summed E-state index contributed by atoms with van der Waals surface area (Å²) >= 11 is 0. The number of hydrogen-bond donors (Lipinski definition) is 1. The van der Waals surface area contributed by atoms with Gasteiger partial charge in [0, 0.05) is 30.1 Å². The van der Waals surface area contributed by atoms with Gasteiger partial charge in [-0.25, -0.2) is 0 Å². The number of aromatic nitrogens is 5. The fourth-order valence-electron chi connectivity index (χ4n) is 2.15. The van der Waals surface area contributed by atoms with Crippen molar-refractivity contribution in [1.82, 2.24) is 25.3 Å². The van der Waals surface area contributed by atoms with E-state index in [9.17, 15) is 0 Å². The fraction of sp³-hybridized carbons (Fsp3) is 0.286. The Balaban J connectivity index is 1.72. The summed E-state index contributed by atoms with van der Waals surface area (Å²) in [5.41, 5.74) is 4.24. The van der Waals surface area contributed by atoms with Gasteiger partial charge in [-0.3, -0.25) is 10.1 Å². The van der Waals surface area contributed by atoms with Gasteiger partial charge < -0.3 is 4.52 Å².